The summed E-state index contributed by atoms with van der Waals surface area (Å²) in [5, 5.41) is 2.70. The quantitative estimate of drug-likeness (QED) is 0.0720. The summed E-state index contributed by atoms with van der Waals surface area (Å²) < 4.78 is 23.0. The molecular formula is C28H58N2O6P+. The maximum absolute atomic E-state index is 12.8. The molecule has 0 aromatic heterocycles. The monoisotopic (exact) mass is 549 g/mol. The smallest absolute Gasteiger partial charge is 0.344 e. The van der Waals surface area contributed by atoms with E-state index in [2.05, 4.69) is 12.2 Å². The van der Waals surface area contributed by atoms with Gasteiger partial charge in [0.25, 0.3) is 0 Å². The zero-order valence-corrected chi connectivity index (χ0v) is 25.5. The molecule has 0 aliphatic rings. The molecule has 0 aromatic rings. The summed E-state index contributed by atoms with van der Waals surface area (Å²) in [4.78, 5) is 35.0. The van der Waals surface area contributed by atoms with E-state index in [0.717, 1.165) is 32.1 Å². The normalized spacial score (nSPS) is 14.3. The van der Waals surface area contributed by atoms with Crippen LogP contribution in [-0.2, 0) is 23.2 Å². The van der Waals surface area contributed by atoms with Crippen molar-refractivity contribution >= 4 is 19.5 Å². The average molecular weight is 550 g/mol. The van der Waals surface area contributed by atoms with Gasteiger partial charge in [0.2, 0.25) is 5.91 Å². The molecule has 0 saturated heterocycles. The molecule has 0 fully saturated rings. The van der Waals surface area contributed by atoms with E-state index >= 15 is 0 Å². The van der Waals surface area contributed by atoms with Gasteiger partial charge in [0.15, 0.2) is 5.78 Å². The molecule has 2 unspecified atom stereocenters. The second kappa shape index (κ2) is 22.1. The fraction of sp³-hybridized carbons (Fsp3) is 0.929. The molecule has 2 atom stereocenters. The van der Waals surface area contributed by atoms with E-state index in [1.165, 1.54) is 64.2 Å². The standard InChI is InChI=1S/C28H57N2O6P/c1-6-8-10-11-12-13-14-15-16-17-18-19-20-21-27(31)26(29-28(32)22-9-7-2)25-36-37(33,34)35-24-23-30(3,4)5/h26H,6-25H2,1-5H3,(H-,29,32,33,34)/p+1. The molecule has 0 rings (SSSR count). The van der Waals surface area contributed by atoms with Gasteiger partial charge in [-0.15, -0.1) is 0 Å². The van der Waals surface area contributed by atoms with Crippen molar-refractivity contribution in [1.29, 1.82) is 0 Å². The number of quaternary nitrogens is 1. The van der Waals surface area contributed by atoms with E-state index in [-0.39, 0.29) is 24.9 Å². The van der Waals surface area contributed by atoms with Crippen LogP contribution < -0.4 is 5.32 Å². The first-order valence-electron chi connectivity index (χ1n) is 14.7. The van der Waals surface area contributed by atoms with Crippen molar-refractivity contribution < 1.29 is 32.6 Å². The molecule has 8 nitrogen and oxygen atoms in total. The highest BCUT2D eigenvalue weighted by molar-refractivity contribution is 7.47. The first kappa shape index (κ1) is 36.2. The van der Waals surface area contributed by atoms with Crippen molar-refractivity contribution in [3.63, 3.8) is 0 Å². The van der Waals surface area contributed by atoms with E-state index in [1.807, 2.05) is 28.1 Å². The summed E-state index contributed by atoms with van der Waals surface area (Å²) in [6.45, 7) is 4.45. The van der Waals surface area contributed by atoms with Crippen molar-refractivity contribution in [2.24, 2.45) is 0 Å². The van der Waals surface area contributed by atoms with Crippen LogP contribution in [0, 0.1) is 0 Å². The Kier molecular flexibility index (Phi) is 21.6. The van der Waals surface area contributed by atoms with E-state index in [9.17, 15) is 19.0 Å². The number of hydrogen-bond acceptors (Lipinski definition) is 5. The highest BCUT2D eigenvalue weighted by Gasteiger charge is 2.28. The average Bonchev–Trinajstić information content (AvgIpc) is 2.82. The molecule has 220 valence electrons. The zero-order chi connectivity index (χ0) is 28.0. The number of ketones is 1. The molecule has 0 heterocycles. The Morgan fingerprint density at radius 2 is 1.24 bits per heavy atom. The number of nitrogens with zero attached hydrogens (tertiary/aromatic N) is 1. The maximum Gasteiger partial charge on any atom is 0.472 e. The van der Waals surface area contributed by atoms with Crippen LogP contribution in [0.25, 0.3) is 0 Å². The molecule has 0 bridgehead atoms. The Morgan fingerprint density at radius 1 is 0.757 bits per heavy atom. The Bertz CT molecular complexity index is 639. The molecule has 0 aliphatic carbocycles. The third-order valence-corrected chi connectivity index (χ3v) is 7.41. The summed E-state index contributed by atoms with van der Waals surface area (Å²) >= 11 is 0. The summed E-state index contributed by atoms with van der Waals surface area (Å²) in [5.74, 6) is -0.410. The number of amides is 1. The predicted molar refractivity (Wildman–Crippen MR) is 151 cm³/mol. The van der Waals surface area contributed by atoms with Gasteiger partial charge >= 0.3 is 7.82 Å². The molecular weight excluding hydrogens is 491 g/mol. The molecule has 9 heteroatoms. The topological polar surface area (TPSA) is 102 Å². The van der Waals surface area contributed by atoms with E-state index in [1.54, 1.807) is 0 Å². The number of likely N-dealkylation sites (N-methyl/N-ethyl adjacent to an activating group) is 1. The van der Waals surface area contributed by atoms with E-state index in [4.69, 9.17) is 9.05 Å². The number of Topliss-reactive ketones (excluding diaryl/α,β-unsaturated/α-hetero) is 1. The Balaban J connectivity index is 4.32. The first-order valence-corrected chi connectivity index (χ1v) is 16.2. The first-order chi connectivity index (χ1) is 17.5. The Morgan fingerprint density at radius 3 is 1.73 bits per heavy atom. The van der Waals surface area contributed by atoms with Gasteiger partial charge in [0.05, 0.1) is 27.7 Å². The second-order valence-corrected chi connectivity index (χ2v) is 12.7. The van der Waals surface area contributed by atoms with Gasteiger partial charge in [0, 0.05) is 12.8 Å². The summed E-state index contributed by atoms with van der Waals surface area (Å²) in [5.41, 5.74) is 0. The van der Waals surface area contributed by atoms with Gasteiger partial charge in [-0.25, -0.2) is 4.57 Å². The van der Waals surface area contributed by atoms with Crippen LogP contribution in [0.3, 0.4) is 0 Å². The molecule has 0 aliphatic heterocycles. The lowest BCUT2D eigenvalue weighted by molar-refractivity contribution is -0.870. The minimum Gasteiger partial charge on any atom is -0.344 e. The van der Waals surface area contributed by atoms with E-state index < -0.39 is 13.9 Å². The van der Waals surface area contributed by atoms with Crippen LogP contribution in [0.15, 0.2) is 0 Å². The molecule has 1 amide bonds. The number of phosphoric ester groups is 1. The van der Waals surface area contributed by atoms with Crippen LogP contribution in [-0.4, -0.2) is 68.0 Å². The predicted octanol–water partition coefficient (Wildman–Crippen LogP) is 6.55. The number of carbonyl (C=O) groups excluding carboxylic acids is 2. The fourth-order valence-corrected chi connectivity index (χ4v) is 4.67. The number of unbranched alkanes of at least 4 members (excludes halogenated alkanes) is 13. The lowest BCUT2D eigenvalue weighted by Crippen LogP contribution is -2.44. The van der Waals surface area contributed by atoms with Crippen LogP contribution in [0.5, 0.6) is 0 Å². The Hall–Kier alpha value is -0.790. The van der Waals surface area contributed by atoms with Crippen LogP contribution in [0.1, 0.15) is 123 Å². The number of phosphoric acid groups is 1. The number of rotatable bonds is 26. The summed E-state index contributed by atoms with van der Waals surface area (Å²) in [6.07, 6.45) is 18.1. The Labute approximate surface area is 227 Å². The second-order valence-electron chi connectivity index (χ2n) is 11.3. The third-order valence-electron chi connectivity index (χ3n) is 6.43. The van der Waals surface area contributed by atoms with E-state index in [0.29, 0.717) is 23.9 Å². The zero-order valence-electron chi connectivity index (χ0n) is 24.6. The minimum atomic E-state index is -4.31. The highest BCUT2D eigenvalue weighted by atomic mass is 31.2. The number of hydrogen-bond donors (Lipinski definition) is 2. The molecule has 0 radical (unpaired) electrons. The van der Waals surface area contributed by atoms with Gasteiger partial charge in [-0.3, -0.25) is 18.6 Å². The van der Waals surface area contributed by atoms with Gasteiger partial charge in [-0.2, -0.15) is 0 Å². The summed E-state index contributed by atoms with van der Waals surface area (Å²) in [7, 11) is 1.53. The van der Waals surface area contributed by atoms with Gasteiger partial charge in [-0.1, -0.05) is 97.3 Å². The molecule has 0 saturated carbocycles. The maximum atomic E-state index is 12.8. The van der Waals surface area contributed by atoms with Gasteiger partial charge in [-0.05, 0) is 12.8 Å². The minimum absolute atomic E-state index is 0.0533. The summed E-state index contributed by atoms with van der Waals surface area (Å²) in [6, 6.07) is -0.941. The third kappa shape index (κ3) is 24.0. The lowest BCUT2D eigenvalue weighted by atomic mass is 10.0. The van der Waals surface area contributed by atoms with Gasteiger partial charge in [0.1, 0.15) is 19.2 Å². The highest BCUT2D eigenvalue weighted by Crippen LogP contribution is 2.43. The van der Waals surface area contributed by atoms with Crippen molar-refractivity contribution in [2.75, 3.05) is 40.9 Å². The van der Waals surface area contributed by atoms with Crippen LogP contribution >= 0.6 is 7.82 Å². The SMILES string of the molecule is CCCCCCCCCCCCCCCC(=O)C(COP(=O)(O)OCC[N+](C)(C)C)NC(=O)CCCC. The lowest BCUT2D eigenvalue weighted by Gasteiger charge is -2.24. The number of carbonyl (C=O) groups is 2. The van der Waals surface area contributed by atoms with Crippen molar-refractivity contribution in [3.05, 3.63) is 0 Å². The largest absolute Gasteiger partial charge is 0.472 e. The molecule has 37 heavy (non-hydrogen) atoms. The molecule has 0 aromatic carbocycles. The van der Waals surface area contributed by atoms with Crippen LogP contribution in [0.4, 0.5) is 0 Å². The number of nitrogens with one attached hydrogen (secondary N) is 1. The molecule has 0 spiro atoms. The molecule has 2 N–H and O–H groups in total. The van der Waals surface area contributed by atoms with Crippen LogP contribution in [0.2, 0.25) is 0 Å². The van der Waals surface area contributed by atoms with Crippen molar-refractivity contribution in [3.8, 4) is 0 Å². The van der Waals surface area contributed by atoms with Crippen molar-refractivity contribution in [1.82, 2.24) is 5.32 Å². The fourth-order valence-electron chi connectivity index (χ4n) is 3.95. The van der Waals surface area contributed by atoms with Gasteiger partial charge < -0.3 is 14.7 Å². The van der Waals surface area contributed by atoms with Crippen molar-refractivity contribution in [2.45, 2.75) is 129 Å².